The molecule has 0 amide bonds. The van der Waals surface area contributed by atoms with Crippen LogP contribution in [0, 0.1) is 5.82 Å². The molecule has 94 valence electrons. The first kappa shape index (κ1) is 11.9. The molecule has 2 aromatic heterocycles. The topological polar surface area (TPSA) is 45.8 Å². The second-order valence-corrected chi connectivity index (χ2v) is 4.42. The predicted molar refractivity (Wildman–Crippen MR) is 70.9 cm³/mol. The van der Waals surface area contributed by atoms with Gasteiger partial charge in [0.2, 0.25) is 0 Å². The number of aromatic amines is 1. The Bertz CT molecular complexity index is 765. The zero-order valence-electron chi connectivity index (χ0n) is 9.65. The highest BCUT2D eigenvalue weighted by Crippen LogP contribution is 2.25. The number of hydrogen-bond donors (Lipinski definition) is 1. The van der Waals surface area contributed by atoms with Gasteiger partial charge in [-0.1, -0.05) is 11.6 Å². The van der Waals surface area contributed by atoms with E-state index in [1.54, 1.807) is 18.5 Å². The third kappa shape index (κ3) is 2.00. The van der Waals surface area contributed by atoms with Gasteiger partial charge in [-0.05, 0) is 30.3 Å². The molecular weight excluding hydrogens is 267 g/mol. The maximum absolute atomic E-state index is 12.9. The molecule has 0 radical (unpaired) electrons. The molecule has 3 aromatic rings. The van der Waals surface area contributed by atoms with Crippen molar-refractivity contribution < 1.29 is 9.18 Å². The average Bonchev–Trinajstić information content (AvgIpc) is 2.84. The van der Waals surface area contributed by atoms with Gasteiger partial charge >= 0.3 is 0 Å². The van der Waals surface area contributed by atoms with Gasteiger partial charge in [0.25, 0.3) is 0 Å². The van der Waals surface area contributed by atoms with Crippen molar-refractivity contribution in [3.05, 3.63) is 64.8 Å². The molecule has 3 rings (SSSR count). The van der Waals surface area contributed by atoms with E-state index in [0.29, 0.717) is 27.2 Å². The minimum atomic E-state index is -0.372. The van der Waals surface area contributed by atoms with Crippen molar-refractivity contribution in [3.63, 3.8) is 0 Å². The van der Waals surface area contributed by atoms with Gasteiger partial charge in [-0.2, -0.15) is 0 Å². The first-order chi connectivity index (χ1) is 9.16. The summed E-state index contributed by atoms with van der Waals surface area (Å²) in [5.41, 5.74) is 1.54. The predicted octanol–water partition coefficient (Wildman–Crippen LogP) is 3.59. The summed E-state index contributed by atoms with van der Waals surface area (Å²) in [6.07, 6.45) is 3.13. The molecule has 0 bridgehead atoms. The normalized spacial score (nSPS) is 10.8. The van der Waals surface area contributed by atoms with Gasteiger partial charge in [0.05, 0.1) is 5.52 Å². The second kappa shape index (κ2) is 4.48. The summed E-state index contributed by atoms with van der Waals surface area (Å²) >= 11 is 5.94. The molecule has 1 aromatic carbocycles. The summed E-state index contributed by atoms with van der Waals surface area (Å²) in [5.74, 6) is -0.559. The van der Waals surface area contributed by atoms with E-state index in [9.17, 15) is 9.18 Å². The molecule has 0 unspecified atom stereocenters. The number of halogens is 2. The zero-order valence-corrected chi connectivity index (χ0v) is 10.4. The van der Waals surface area contributed by atoms with E-state index in [1.807, 2.05) is 0 Å². The maximum atomic E-state index is 12.9. The Labute approximate surface area is 113 Å². The molecule has 3 nitrogen and oxygen atoms in total. The Kier molecular flexibility index (Phi) is 2.80. The van der Waals surface area contributed by atoms with Crippen LogP contribution in [0.1, 0.15) is 15.9 Å². The van der Waals surface area contributed by atoms with Crippen LogP contribution < -0.4 is 0 Å². The highest BCUT2D eigenvalue weighted by molar-refractivity contribution is 6.34. The van der Waals surface area contributed by atoms with Crippen molar-refractivity contribution in [2.75, 3.05) is 0 Å². The number of hydrogen-bond acceptors (Lipinski definition) is 2. The number of pyridine rings is 1. The summed E-state index contributed by atoms with van der Waals surface area (Å²) < 4.78 is 12.9. The Morgan fingerprint density at radius 3 is 2.68 bits per heavy atom. The van der Waals surface area contributed by atoms with Gasteiger partial charge in [0, 0.05) is 28.9 Å². The number of rotatable bonds is 2. The number of nitrogens with one attached hydrogen (secondary N) is 1. The van der Waals surface area contributed by atoms with Crippen molar-refractivity contribution >= 4 is 28.3 Å². The molecular formula is C14H8ClFN2O. The van der Waals surface area contributed by atoms with Crippen molar-refractivity contribution in [2.45, 2.75) is 0 Å². The summed E-state index contributed by atoms with van der Waals surface area (Å²) in [6.45, 7) is 0. The Hall–Kier alpha value is -2.20. The molecule has 0 aliphatic rings. The fraction of sp³-hybridized carbons (Fsp3) is 0. The molecule has 0 aliphatic heterocycles. The molecule has 0 atom stereocenters. The number of carbonyl (C=O) groups is 1. The van der Waals surface area contributed by atoms with Crippen LogP contribution in [0.3, 0.4) is 0 Å². The summed E-state index contributed by atoms with van der Waals surface area (Å²) in [7, 11) is 0. The van der Waals surface area contributed by atoms with Crippen LogP contribution in [0.2, 0.25) is 5.15 Å². The van der Waals surface area contributed by atoms with Gasteiger partial charge in [0.15, 0.2) is 10.9 Å². The van der Waals surface area contributed by atoms with E-state index in [4.69, 9.17) is 11.6 Å². The quantitative estimate of drug-likeness (QED) is 0.573. The van der Waals surface area contributed by atoms with Crippen molar-refractivity contribution in [1.29, 1.82) is 0 Å². The molecule has 0 spiro atoms. The molecule has 2 heterocycles. The smallest absolute Gasteiger partial charge is 0.195 e. The van der Waals surface area contributed by atoms with Crippen LogP contribution >= 0.6 is 11.6 Å². The van der Waals surface area contributed by atoms with Crippen molar-refractivity contribution in [3.8, 4) is 0 Å². The zero-order chi connectivity index (χ0) is 13.4. The molecule has 0 fully saturated rings. The van der Waals surface area contributed by atoms with E-state index in [1.165, 1.54) is 24.3 Å². The molecule has 5 heteroatoms. The van der Waals surface area contributed by atoms with Gasteiger partial charge < -0.3 is 4.98 Å². The van der Waals surface area contributed by atoms with E-state index in [2.05, 4.69) is 9.97 Å². The highest BCUT2D eigenvalue weighted by atomic mass is 35.5. The highest BCUT2D eigenvalue weighted by Gasteiger charge is 2.15. The minimum absolute atomic E-state index is 0.187. The molecule has 19 heavy (non-hydrogen) atoms. The standard InChI is InChI=1S/C14H8ClFN2O/c15-14-12-10(5-6-17-14)11(7-18-12)13(19)8-1-3-9(16)4-2-8/h1-7,18H. The molecule has 0 saturated carbocycles. The number of nitrogens with zero attached hydrogens (tertiary/aromatic N) is 1. The van der Waals surface area contributed by atoms with Crippen LogP contribution in [-0.4, -0.2) is 15.8 Å². The van der Waals surface area contributed by atoms with E-state index >= 15 is 0 Å². The Morgan fingerprint density at radius 1 is 1.21 bits per heavy atom. The van der Waals surface area contributed by atoms with E-state index in [0.717, 1.165) is 0 Å². The second-order valence-electron chi connectivity index (χ2n) is 4.06. The van der Waals surface area contributed by atoms with E-state index in [-0.39, 0.29) is 11.6 Å². The van der Waals surface area contributed by atoms with E-state index < -0.39 is 0 Å². The van der Waals surface area contributed by atoms with Gasteiger partial charge in [-0.15, -0.1) is 0 Å². The third-order valence-electron chi connectivity index (χ3n) is 2.91. The lowest BCUT2D eigenvalue weighted by Gasteiger charge is -2.00. The molecule has 0 saturated heterocycles. The molecule has 1 N–H and O–H groups in total. The monoisotopic (exact) mass is 274 g/mol. The number of carbonyl (C=O) groups excluding carboxylic acids is 1. The van der Waals surface area contributed by atoms with Crippen LogP contribution in [0.5, 0.6) is 0 Å². The summed E-state index contributed by atoms with van der Waals surface area (Å²) in [4.78, 5) is 19.2. The van der Waals surface area contributed by atoms with Gasteiger partial charge in [0.1, 0.15) is 5.82 Å². The fourth-order valence-corrected chi connectivity index (χ4v) is 2.18. The first-order valence-corrected chi connectivity index (χ1v) is 5.96. The number of H-pyrrole nitrogens is 1. The van der Waals surface area contributed by atoms with Crippen molar-refractivity contribution in [1.82, 2.24) is 9.97 Å². The average molecular weight is 275 g/mol. The van der Waals surface area contributed by atoms with Crippen LogP contribution in [0.15, 0.2) is 42.7 Å². The van der Waals surface area contributed by atoms with Gasteiger partial charge in [-0.3, -0.25) is 4.79 Å². The van der Waals surface area contributed by atoms with Crippen LogP contribution in [0.4, 0.5) is 4.39 Å². The third-order valence-corrected chi connectivity index (χ3v) is 3.19. The number of aromatic nitrogens is 2. The lowest BCUT2D eigenvalue weighted by molar-refractivity contribution is 0.104. The Morgan fingerprint density at radius 2 is 1.95 bits per heavy atom. The largest absolute Gasteiger partial charge is 0.358 e. The molecule has 0 aliphatic carbocycles. The first-order valence-electron chi connectivity index (χ1n) is 5.58. The minimum Gasteiger partial charge on any atom is -0.358 e. The van der Waals surface area contributed by atoms with Crippen molar-refractivity contribution in [2.24, 2.45) is 0 Å². The summed E-state index contributed by atoms with van der Waals surface area (Å²) in [6, 6.07) is 7.15. The van der Waals surface area contributed by atoms with Crippen LogP contribution in [-0.2, 0) is 0 Å². The lowest BCUT2D eigenvalue weighted by Crippen LogP contribution is -2.00. The number of fused-ring (bicyclic) bond motifs is 1. The number of benzene rings is 1. The SMILES string of the molecule is O=C(c1ccc(F)cc1)c1c[nH]c2c(Cl)nccc12. The Balaban J connectivity index is 2.12. The summed E-state index contributed by atoms with van der Waals surface area (Å²) in [5, 5.41) is 1.02. The fourth-order valence-electron chi connectivity index (χ4n) is 1.96. The van der Waals surface area contributed by atoms with Crippen LogP contribution in [0.25, 0.3) is 10.9 Å². The number of ketones is 1. The van der Waals surface area contributed by atoms with Gasteiger partial charge in [-0.25, -0.2) is 9.37 Å². The maximum Gasteiger partial charge on any atom is 0.195 e. The lowest BCUT2D eigenvalue weighted by atomic mass is 10.0.